The summed E-state index contributed by atoms with van der Waals surface area (Å²) in [6, 6.07) is -0.518. The molecule has 4 aliphatic rings. The van der Waals surface area contributed by atoms with E-state index in [1.807, 2.05) is 6.92 Å². The molecule has 198 valence electrons. The van der Waals surface area contributed by atoms with E-state index in [0.29, 0.717) is 5.56 Å². The van der Waals surface area contributed by atoms with Crippen molar-refractivity contribution in [2.45, 2.75) is 50.8 Å². The van der Waals surface area contributed by atoms with Crippen LogP contribution >= 0.6 is 0 Å². The maximum Gasteiger partial charge on any atom is 0.416 e. The first-order valence-electron chi connectivity index (χ1n) is 11.9. The molecule has 37 heavy (non-hydrogen) atoms. The summed E-state index contributed by atoms with van der Waals surface area (Å²) in [5.41, 5.74) is -1.16. The monoisotopic (exact) mass is 519 g/mol. The van der Waals surface area contributed by atoms with Crippen LogP contribution in [-0.4, -0.2) is 85.7 Å². The molecule has 6 atom stereocenters. The zero-order chi connectivity index (χ0) is 26.2. The average Bonchev–Trinajstić information content (AvgIpc) is 3.40. The lowest BCUT2D eigenvalue weighted by molar-refractivity contribution is -0.155. The first-order valence-corrected chi connectivity index (χ1v) is 11.9. The van der Waals surface area contributed by atoms with Crippen LogP contribution < -0.4 is 20.4 Å². The van der Waals surface area contributed by atoms with E-state index in [9.17, 15) is 19.5 Å². The Bertz CT molecular complexity index is 1320. The number of halogens is 1. The molecule has 0 saturated carbocycles. The van der Waals surface area contributed by atoms with Crippen LogP contribution in [0.1, 0.15) is 19.4 Å². The Hall–Kier alpha value is -3.49. The van der Waals surface area contributed by atoms with E-state index in [1.165, 1.54) is 12.0 Å². The molecule has 0 radical (unpaired) electrons. The van der Waals surface area contributed by atoms with Gasteiger partial charge in [0, 0.05) is 13.7 Å². The third-order valence-corrected chi connectivity index (χ3v) is 7.67. The fourth-order valence-corrected chi connectivity index (χ4v) is 6.30. The summed E-state index contributed by atoms with van der Waals surface area (Å²) in [6.45, 7) is 4.01. The molecule has 13 nitrogen and oxygen atoms in total. The van der Waals surface area contributed by atoms with Crippen molar-refractivity contribution in [3.63, 3.8) is 0 Å². The molecule has 4 aliphatic heterocycles. The molecule has 4 amide bonds. The maximum atomic E-state index is 16.2. The molecule has 2 unspecified atom stereocenters. The van der Waals surface area contributed by atoms with Crippen LogP contribution in [0.4, 0.5) is 25.5 Å². The number of carbonyl (C=O) groups excluding carboxylic acids is 3. The Labute approximate surface area is 209 Å². The number of aromatic nitrogens is 1. The molecule has 0 bridgehead atoms. The highest BCUT2D eigenvalue weighted by Gasteiger charge is 2.63. The Morgan fingerprint density at radius 3 is 2.84 bits per heavy atom. The minimum atomic E-state index is -1.58. The molecule has 3 saturated heterocycles. The summed E-state index contributed by atoms with van der Waals surface area (Å²) >= 11 is 0. The predicted octanol–water partition coefficient (Wildman–Crippen LogP) is 0.621. The van der Waals surface area contributed by atoms with E-state index in [2.05, 4.69) is 15.8 Å². The van der Waals surface area contributed by atoms with E-state index in [4.69, 9.17) is 18.7 Å². The van der Waals surface area contributed by atoms with Gasteiger partial charge in [-0.05, 0) is 31.9 Å². The molecule has 3 N–H and O–H groups in total. The van der Waals surface area contributed by atoms with E-state index < -0.39 is 53.7 Å². The van der Waals surface area contributed by atoms with Crippen LogP contribution in [0.3, 0.4) is 0 Å². The Kier molecular flexibility index (Phi) is 5.33. The average molecular weight is 519 g/mol. The molecule has 1 aromatic carbocycles. The molecule has 0 aliphatic carbocycles. The molecule has 6 rings (SSSR count). The van der Waals surface area contributed by atoms with Gasteiger partial charge in [-0.3, -0.25) is 10.1 Å². The normalized spacial score (nSPS) is 33.3. The highest BCUT2D eigenvalue weighted by molar-refractivity contribution is 6.04. The first-order chi connectivity index (χ1) is 17.7. The molecular weight excluding hydrogens is 493 g/mol. The summed E-state index contributed by atoms with van der Waals surface area (Å²) in [4.78, 5) is 40.8. The third-order valence-electron chi connectivity index (χ3n) is 7.67. The Balaban J connectivity index is 1.55. The van der Waals surface area contributed by atoms with E-state index >= 15 is 4.39 Å². The standard InChI is InChI=1S/C23H26FN5O8/c1-9-6-28-15-11(5-23(17(28)10(2)36-9)19(30)25-21(32)26-20(23)31)4-13-16(14(15)24)37-27-18(13)29-12(7-34-3)8-35-22(29)33/h4,9-10,12,17,19,30H,5-8H2,1-3H3,(H2,25,26,31,32)/t9-,10+,12+,17-,19?,23?/m1/s1. The van der Waals surface area contributed by atoms with Crippen LogP contribution in [0.5, 0.6) is 0 Å². The fraction of sp³-hybridized carbons (Fsp3) is 0.565. The number of anilines is 2. The predicted molar refractivity (Wildman–Crippen MR) is 123 cm³/mol. The van der Waals surface area contributed by atoms with Gasteiger partial charge in [0.2, 0.25) is 11.5 Å². The number of morpholine rings is 1. The second-order valence-corrected chi connectivity index (χ2v) is 9.93. The number of urea groups is 1. The highest BCUT2D eigenvalue weighted by Crippen LogP contribution is 2.50. The molecule has 5 heterocycles. The number of nitrogens with zero attached hydrogens (tertiary/aromatic N) is 3. The molecular formula is C23H26FN5O8. The Morgan fingerprint density at radius 2 is 2.11 bits per heavy atom. The van der Waals surface area contributed by atoms with Gasteiger partial charge in [0.1, 0.15) is 18.2 Å². The number of ether oxygens (including phenoxy) is 3. The second kappa shape index (κ2) is 8.26. The van der Waals surface area contributed by atoms with Gasteiger partial charge in [0.05, 0.1) is 42.0 Å². The van der Waals surface area contributed by atoms with Crippen LogP contribution in [-0.2, 0) is 25.4 Å². The number of imide groups is 1. The van der Waals surface area contributed by atoms with Crippen molar-refractivity contribution >= 4 is 40.5 Å². The quantitative estimate of drug-likeness (QED) is 0.525. The number of rotatable bonds is 3. The number of hydrogen-bond acceptors (Lipinski definition) is 10. The SMILES string of the molecule is COC[C@H]1COC(=O)N1c1noc2c(F)c3c(cc12)CC1(C(=O)NC(=O)NC1O)[C@H]1[C@H](C)O[C@H](C)CN31. The fourth-order valence-electron chi connectivity index (χ4n) is 6.30. The van der Waals surface area contributed by atoms with Crippen molar-refractivity contribution in [2.75, 3.05) is 36.7 Å². The zero-order valence-corrected chi connectivity index (χ0v) is 20.3. The van der Waals surface area contributed by atoms with Crippen LogP contribution in [0, 0.1) is 11.2 Å². The van der Waals surface area contributed by atoms with Crippen LogP contribution in [0.15, 0.2) is 10.6 Å². The Morgan fingerprint density at radius 1 is 1.32 bits per heavy atom. The number of cyclic esters (lactones) is 1. The van der Waals surface area contributed by atoms with Gasteiger partial charge in [-0.15, -0.1) is 0 Å². The molecule has 14 heteroatoms. The summed E-state index contributed by atoms with van der Waals surface area (Å²) in [7, 11) is 1.48. The minimum absolute atomic E-state index is 0.0584. The summed E-state index contributed by atoms with van der Waals surface area (Å²) < 4.78 is 38.0. The lowest BCUT2D eigenvalue weighted by atomic mass is 9.66. The molecule has 2 aromatic rings. The number of aliphatic hydroxyl groups excluding tert-OH is 1. The van der Waals surface area contributed by atoms with Crippen molar-refractivity contribution in [3.8, 4) is 0 Å². The molecule has 3 fully saturated rings. The van der Waals surface area contributed by atoms with Gasteiger partial charge in [-0.25, -0.2) is 18.9 Å². The zero-order valence-electron chi connectivity index (χ0n) is 20.3. The van der Waals surface area contributed by atoms with Crippen LogP contribution in [0.25, 0.3) is 11.0 Å². The number of fused-ring (bicyclic) bond motifs is 5. The second-order valence-electron chi connectivity index (χ2n) is 9.93. The van der Waals surface area contributed by atoms with Gasteiger partial charge in [0.25, 0.3) is 0 Å². The maximum absolute atomic E-state index is 16.2. The van der Waals surface area contributed by atoms with Crippen molar-refractivity contribution in [2.24, 2.45) is 5.41 Å². The number of benzene rings is 1. The summed E-state index contributed by atoms with van der Waals surface area (Å²) in [6.07, 6.45) is -3.27. The van der Waals surface area contributed by atoms with Crippen LogP contribution in [0.2, 0.25) is 0 Å². The number of carbonyl (C=O) groups is 3. The lowest BCUT2D eigenvalue weighted by Gasteiger charge is -2.57. The number of aliphatic hydroxyl groups is 1. The molecule has 1 aromatic heterocycles. The number of nitrogens with one attached hydrogen (secondary N) is 2. The third kappa shape index (κ3) is 3.25. The largest absolute Gasteiger partial charge is 0.447 e. The van der Waals surface area contributed by atoms with Gasteiger partial charge in [-0.1, -0.05) is 5.16 Å². The van der Waals surface area contributed by atoms with Crippen molar-refractivity contribution in [1.29, 1.82) is 0 Å². The van der Waals surface area contributed by atoms with Gasteiger partial charge in [-0.2, -0.15) is 0 Å². The van der Waals surface area contributed by atoms with Gasteiger partial charge >= 0.3 is 12.1 Å². The van der Waals surface area contributed by atoms with E-state index in [1.54, 1.807) is 17.9 Å². The van der Waals surface area contributed by atoms with Gasteiger partial charge in [0.15, 0.2) is 11.6 Å². The smallest absolute Gasteiger partial charge is 0.416 e. The highest BCUT2D eigenvalue weighted by atomic mass is 19.1. The van der Waals surface area contributed by atoms with E-state index in [-0.39, 0.29) is 54.8 Å². The number of hydrogen-bond donors (Lipinski definition) is 3. The molecule has 1 spiro atoms. The van der Waals surface area contributed by atoms with Gasteiger partial charge < -0.3 is 34.1 Å². The van der Waals surface area contributed by atoms with Crippen molar-refractivity contribution in [1.82, 2.24) is 15.8 Å². The lowest BCUT2D eigenvalue weighted by Crippen LogP contribution is -2.76. The minimum Gasteiger partial charge on any atom is -0.447 e. The number of methoxy groups -OCH3 is 1. The van der Waals surface area contributed by atoms with Crippen molar-refractivity contribution < 1.29 is 42.6 Å². The summed E-state index contributed by atoms with van der Waals surface area (Å²) in [5.74, 6) is -1.34. The summed E-state index contributed by atoms with van der Waals surface area (Å²) in [5, 5.41) is 19.9. The van der Waals surface area contributed by atoms with E-state index in [0.717, 1.165) is 0 Å². The number of amides is 4. The van der Waals surface area contributed by atoms with Crippen molar-refractivity contribution in [3.05, 3.63) is 17.4 Å². The topological polar surface area (TPSA) is 156 Å². The first kappa shape index (κ1) is 23.9.